The van der Waals surface area contributed by atoms with Gasteiger partial charge in [-0.2, -0.15) is 0 Å². The van der Waals surface area contributed by atoms with Gasteiger partial charge in [-0.05, 0) is 31.0 Å². The molecule has 1 aromatic carbocycles. The first-order chi connectivity index (χ1) is 8.49. The van der Waals surface area contributed by atoms with E-state index in [0.29, 0.717) is 18.5 Å². The Labute approximate surface area is 105 Å². The van der Waals surface area contributed by atoms with Crippen molar-refractivity contribution in [3.8, 4) is 0 Å². The quantitative estimate of drug-likeness (QED) is 0.834. The molecule has 5 heteroatoms. The molecule has 0 spiro atoms. The molecular weight excluding hydrogens is 235 g/mol. The van der Waals surface area contributed by atoms with Gasteiger partial charge in [-0.3, -0.25) is 9.69 Å². The van der Waals surface area contributed by atoms with Crippen LogP contribution < -0.4 is 5.32 Å². The lowest BCUT2D eigenvalue weighted by Gasteiger charge is -2.22. The van der Waals surface area contributed by atoms with Crippen LogP contribution in [0.5, 0.6) is 0 Å². The van der Waals surface area contributed by atoms with Crippen LogP contribution in [-0.2, 0) is 10.3 Å². The first-order valence-corrected chi connectivity index (χ1v) is 5.89. The van der Waals surface area contributed by atoms with Crippen LogP contribution in [0.1, 0.15) is 25.8 Å². The first-order valence-electron chi connectivity index (χ1n) is 5.89. The maximum Gasteiger partial charge on any atom is 0.325 e. The van der Waals surface area contributed by atoms with Crippen LogP contribution in [0, 0.1) is 5.82 Å². The summed E-state index contributed by atoms with van der Waals surface area (Å²) in [5.74, 6) is -0.662. The Balaban J connectivity index is 2.35. The first kappa shape index (κ1) is 12.5. The molecule has 0 aliphatic carbocycles. The molecule has 0 aromatic heterocycles. The van der Waals surface area contributed by atoms with Gasteiger partial charge in [0.15, 0.2) is 0 Å². The van der Waals surface area contributed by atoms with Gasteiger partial charge in [0.25, 0.3) is 5.91 Å². The Hall–Kier alpha value is -1.91. The SMILES string of the molecule is CCCN1C(=O)NC(C)(c2ccc(F)cc2)C1=O. The number of amides is 3. The van der Waals surface area contributed by atoms with Crippen LogP contribution in [0.15, 0.2) is 24.3 Å². The Morgan fingerprint density at radius 3 is 2.44 bits per heavy atom. The number of nitrogens with one attached hydrogen (secondary N) is 1. The Bertz CT molecular complexity index is 486. The third-order valence-corrected chi connectivity index (χ3v) is 3.14. The molecule has 1 aliphatic rings. The molecule has 1 aliphatic heterocycles. The molecule has 96 valence electrons. The number of nitrogens with zero attached hydrogens (tertiary/aromatic N) is 1. The monoisotopic (exact) mass is 250 g/mol. The third-order valence-electron chi connectivity index (χ3n) is 3.14. The van der Waals surface area contributed by atoms with E-state index < -0.39 is 11.6 Å². The number of carbonyl (C=O) groups excluding carboxylic acids is 2. The smallest absolute Gasteiger partial charge is 0.319 e. The summed E-state index contributed by atoms with van der Waals surface area (Å²) in [6.07, 6.45) is 0.707. The van der Waals surface area contributed by atoms with Crippen molar-refractivity contribution in [3.05, 3.63) is 35.6 Å². The topological polar surface area (TPSA) is 49.4 Å². The summed E-state index contributed by atoms with van der Waals surface area (Å²) in [6, 6.07) is 5.20. The molecule has 1 N–H and O–H groups in total. The summed E-state index contributed by atoms with van der Waals surface area (Å²) in [6.45, 7) is 3.92. The summed E-state index contributed by atoms with van der Waals surface area (Å²) < 4.78 is 12.9. The predicted octanol–water partition coefficient (Wildman–Crippen LogP) is 2.00. The lowest BCUT2D eigenvalue weighted by atomic mass is 9.92. The second-order valence-corrected chi connectivity index (χ2v) is 4.52. The van der Waals surface area contributed by atoms with Gasteiger partial charge in [-0.1, -0.05) is 19.1 Å². The van der Waals surface area contributed by atoms with E-state index in [0.717, 1.165) is 0 Å². The number of halogens is 1. The summed E-state index contributed by atoms with van der Waals surface area (Å²) in [5, 5.41) is 2.67. The van der Waals surface area contributed by atoms with E-state index >= 15 is 0 Å². The van der Waals surface area contributed by atoms with E-state index in [2.05, 4.69) is 5.32 Å². The summed E-state index contributed by atoms with van der Waals surface area (Å²) in [7, 11) is 0. The fourth-order valence-corrected chi connectivity index (χ4v) is 2.10. The van der Waals surface area contributed by atoms with Gasteiger partial charge in [0.2, 0.25) is 0 Å². The van der Waals surface area contributed by atoms with Crippen LogP contribution in [0.4, 0.5) is 9.18 Å². The lowest BCUT2D eigenvalue weighted by molar-refractivity contribution is -0.131. The molecule has 1 heterocycles. The zero-order chi connectivity index (χ0) is 13.3. The fraction of sp³-hybridized carbons (Fsp3) is 0.385. The van der Waals surface area contributed by atoms with Gasteiger partial charge < -0.3 is 5.32 Å². The number of hydrogen-bond donors (Lipinski definition) is 1. The maximum absolute atomic E-state index is 12.9. The Kier molecular flexibility index (Phi) is 3.07. The molecule has 0 radical (unpaired) electrons. The van der Waals surface area contributed by atoms with Crippen molar-refractivity contribution in [3.63, 3.8) is 0 Å². The second-order valence-electron chi connectivity index (χ2n) is 4.52. The number of carbonyl (C=O) groups is 2. The molecule has 18 heavy (non-hydrogen) atoms. The zero-order valence-corrected chi connectivity index (χ0v) is 10.4. The average molecular weight is 250 g/mol. The molecule has 1 saturated heterocycles. The largest absolute Gasteiger partial charge is 0.325 e. The highest BCUT2D eigenvalue weighted by Crippen LogP contribution is 2.28. The molecule has 2 rings (SSSR count). The van der Waals surface area contributed by atoms with Crippen molar-refractivity contribution in [1.82, 2.24) is 10.2 Å². The van der Waals surface area contributed by atoms with Gasteiger partial charge in [0, 0.05) is 6.54 Å². The van der Waals surface area contributed by atoms with Crippen LogP contribution in [-0.4, -0.2) is 23.4 Å². The number of benzene rings is 1. The lowest BCUT2D eigenvalue weighted by Crippen LogP contribution is -2.40. The molecule has 1 unspecified atom stereocenters. The summed E-state index contributed by atoms with van der Waals surface area (Å²) in [5.41, 5.74) is -0.513. The minimum Gasteiger partial charge on any atom is -0.319 e. The molecule has 4 nitrogen and oxygen atoms in total. The van der Waals surface area contributed by atoms with E-state index in [4.69, 9.17) is 0 Å². The highest BCUT2D eigenvalue weighted by Gasteiger charge is 2.48. The predicted molar refractivity (Wildman–Crippen MR) is 64.3 cm³/mol. The zero-order valence-electron chi connectivity index (χ0n) is 10.4. The standard InChI is InChI=1S/C13H15FN2O2/c1-3-8-16-11(17)13(2,15-12(16)18)9-4-6-10(14)7-5-9/h4-7H,3,8H2,1-2H3,(H,15,18). The summed E-state index contributed by atoms with van der Waals surface area (Å²) in [4.78, 5) is 25.2. The Morgan fingerprint density at radius 1 is 1.28 bits per heavy atom. The van der Waals surface area contributed by atoms with Crippen LogP contribution >= 0.6 is 0 Å². The third kappa shape index (κ3) is 1.85. The van der Waals surface area contributed by atoms with Gasteiger partial charge in [-0.25, -0.2) is 9.18 Å². The highest BCUT2D eigenvalue weighted by atomic mass is 19.1. The fourth-order valence-electron chi connectivity index (χ4n) is 2.10. The maximum atomic E-state index is 12.9. The van der Waals surface area contributed by atoms with Crippen LogP contribution in [0.25, 0.3) is 0 Å². The number of imide groups is 1. The second kappa shape index (κ2) is 4.40. The van der Waals surface area contributed by atoms with Gasteiger partial charge in [0.1, 0.15) is 11.4 Å². The summed E-state index contributed by atoms with van der Waals surface area (Å²) >= 11 is 0. The normalized spacial score (nSPS) is 23.4. The van der Waals surface area contributed by atoms with E-state index in [1.807, 2.05) is 6.92 Å². The van der Waals surface area contributed by atoms with Crippen molar-refractivity contribution < 1.29 is 14.0 Å². The van der Waals surface area contributed by atoms with E-state index in [1.165, 1.54) is 29.2 Å². The number of hydrogen-bond acceptors (Lipinski definition) is 2. The van der Waals surface area contributed by atoms with Gasteiger partial charge in [-0.15, -0.1) is 0 Å². The van der Waals surface area contributed by atoms with Crippen molar-refractivity contribution in [2.45, 2.75) is 25.8 Å². The highest BCUT2D eigenvalue weighted by molar-refractivity contribution is 6.07. The molecule has 1 aromatic rings. The molecule has 1 fully saturated rings. The van der Waals surface area contributed by atoms with E-state index in [1.54, 1.807) is 6.92 Å². The van der Waals surface area contributed by atoms with E-state index in [-0.39, 0.29) is 11.7 Å². The van der Waals surface area contributed by atoms with Gasteiger partial charge in [0.05, 0.1) is 0 Å². The molecular formula is C13H15FN2O2. The number of urea groups is 1. The van der Waals surface area contributed by atoms with Crippen LogP contribution in [0.2, 0.25) is 0 Å². The molecule has 3 amide bonds. The minimum atomic E-state index is -1.10. The molecule has 0 saturated carbocycles. The number of rotatable bonds is 3. The van der Waals surface area contributed by atoms with Gasteiger partial charge >= 0.3 is 6.03 Å². The molecule has 1 atom stereocenters. The minimum absolute atomic E-state index is 0.291. The van der Waals surface area contributed by atoms with Crippen molar-refractivity contribution in [2.24, 2.45) is 0 Å². The van der Waals surface area contributed by atoms with Crippen molar-refractivity contribution >= 4 is 11.9 Å². The average Bonchev–Trinajstić information content (AvgIpc) is 2.55. The van der Waals surface area contributed by atoms with E-state index in [9.17, 15) is 14.0 Å². The Morgan fingerprint density at radius 2 is 1.89 bits per heavy atom. The van der Waals surface area contributed by atoms with Crippen molar-refractivity contribution in [1.29, 1.82) is 0 Å². The van der Waals surface area contributed by atoms with Crippen LogP contribution in [0.3, 0.4) is 0 Å². The van der Waals surface area contributed by atoms with Crippen molar-refractivity contribution in [2.75, 3.05) is 6.54 Å². The molecule has 0 bridgehead atoms.